The molecular weight excluding hydrogens is 436 g/mol. The van der Waals surface area contributed by atoms with E-state index < -0.39 is 0 Å². The zero-order chi connectivity index (χ0) is 19.3. The third-order valence-electron chi connectivity index (χ3n) is 4.15. The Morgan fingerprint density at radius 3 is 2.57 bits per heavy atom. The van der Waals surface area contributed by atoms with E-state index in [1.807, 2.05) is 71.6 Å². The summed E-state index contributed by atoms with van der Waals surface area (Å²) in [7, 11) is 0. The minimum absolute atomic E-state index is 0.264. The van der Waals surface area contributed by atoms with Gasteiger partial charge in [0.05, 0.1) is 6.54 Å². The summed E-state index contributed by atoms with van der Waals surface area (Å²) in [5.74, 6) is 2.08. The van der Waals surface area contributed by atoms with Crippen molar-refractivity contribution in [2.75, 3.05) is 16.8 Å². The van der Waals surface area contributed by atoms with E-state index in [0.717, 1.165) is 21.6 Å². The van der Waals surface area contributed by atoms with E-state index in [2.05, 4.69) is 31.6 Å². The number of nitrogens with one attached hydrogen (secondary N) is 1. The van der Waals surface area contributed by atoms with Crippen LogP contribution in [0.5, 0.6) is 11.5 Å². The Morgan fingerprint density at radius 1 is 1.11 bits per heavy atom. The van der Waals surface area contributed by atoms with E-state index in [0.29, 0.717) is 18.1 Å². The fourth-order valence-corrected chi connectivity index (χ4v) is 4.01. The molecule has 0 saturated carbocycles. The molecule has 4 rings (SSSR count). The number of halogens is 1. The molecule has 1 aliphatic rings. The number of nitrogens with zero attached hydrogens (tertiary/aromatic N) is 2. The number of nitrogens with two attached hydrogens (primary N) is 1. The van der Waals surface area contributed by atoms with Gasteiger partial charge in [0.25, 0.3) is 0 Å². The van der Waals surface area contributed by atoms with E-state index in [4.69, 9.17) is 10.5 Å². The number of hydrogen-bond donors (Lipinski definition) is 2. The highest BCUT2D eigenvalue weighted by Gasteiger charge is 2.29. The molecule has 5 nitrogen and oxygen atoms in total. The Hall–Kier alpha value is -2.48. The normalized spacial score (nSPS) is 16.0. The smallest absolute Gasteiger partial charge is 0.178 e. The van der Waals surface area contributed by atoms with Gasteiger partial charge in [-0.15, -0.1) is 0 Å². The molecule has 0 spiro atoms. The molecule has 1 atom stereocenters. The van der Waals surface area contributed by atoms with Crippen LogP contribution in [0, 0.1) is 0 Å². The summed E-state index contributed by atoms with van der Waals surface area (Å²) in [5.41, 5.74) is 8.20. The van der Waals surface area contributed by atoms with Gasteiger partial charge in [0, 0.05) is 28.1 Å². The van der Waals surface area contributed by atoms with Gasteiger partial charge >= 0.3 is 0 Å². The molecule has 0 fully saturated rings. The standard InChI is InChI=1S/C21H19BrN4OS/c22-15-11-19(27-18-9-5-2-6-10-18)20(25-12-15)26-17(14-28-21(26)23)13-24-16-7-3-1-4-8-16/h1-12,14,21,24H,13,23H2. The number of benzene rings is 2. The number of rotatable bonds is 6. The summed E-state index contributed by atoms with van der Waals surface area (Å²) in [6, 6.07) is 21.6. The van der Waals surface area contributed by atoms with Gasteiger partial charge < -0.3 is 15.8 Å². The van der Waals surface area contributed by atoms with Crippen LogP contribution in [-0.4, -0.2) is 17.0 Å². The highest BCUT2D eigenvalue weighted by molar-refractivity contribution is 9.10. The van der Waals surface area contributed by atoms with Crippen LogP contribution >= 0.6 is 27.7 Å². The van der Waals surface area contributed by atoms with Gasteiger partial charge in [-0.2, -0.15) is 0 Å². The van der Waals surface area contributed by atoms with Gasteiger partial charge in [-0.1, -0.05) is 48.2 Å². The van der Waals surface area contributed by atoms with Crippen LogP contribution < -0.4 is 20.7 Å². The number of aromatic nitrogens is 1. The highest BCUT2D eigenvalue weighted by atomic mass is 79.9. The SMILES string of the molecule is NC1SC=C(CNc2ccccc2)N1c1ncc(Br)cc1Oc1ccccc1. The zero-order valence-electron chi connectivity index (χ0n) is 15.0. The van der Waals surface area contributed by atoms with Gasteiger partial charge in [0.15, 0.2) is 11.6 Å². The van der Waals surface area contributed by atoms with E-state index in [-0.39, 0.29) is 5.50 Å². The second-order valence-electron chi connectivity index (χ2n) is 6.12. The first-order valence-corrected chi connectivity index (χ1v) is 10.5. The minimum atomic E-state index is -0.264. The Bertz CT molecular complexity index is 969. The maximum absolute atomic E-state index is 6.37. The molecule has 0 amide bonds. The summed E-state index contributed by atoms with van der Waals surface area (Å²) in [5, 5.41) is 5.50. The van der Waals surface area contributed by atoms with Crippen molar-refractivity contribution in [3.63, 3.8) is 0 Å². The molecule has 1 aliphatic heterocycles. The molecule has 0 saturated heterocycles. The molecule has 3 aromatic rings. The van der Waals surface area contributed by atoms with Crippen molar-refractivity contribution in [3.05, 3.63) is 88.5 Å². The van der Waals surface area contributed by atoms with Crippen molar-refractivity contribution < 1.29 is 4.74 Å². The molecule has 2 aromatic carbocycles. The summed E-state index contributed by atoms with van der Waals surface area (Å²) in [4.78, 5) is 6.61. The van der Waals surface area contributed by atoms with Crippen molar-refractivity contribution in [1.29, 1.82) is 0 Å². The molecule has 2 heterocycles. The maximum atomic E-state index is 6.37. The van der Waals surface area contributed by atoms with Crippen LogP contribution in [0.3, 0.4) is 0 Å². The Labute approximate surface area is 176 Å². The minimum Gasteiger partial charge on any atom is -0.453 e. The first-order valence-electron chi connectivity index (χ1n) is 8.77. The highest BCUT2D eigenvalue weighted by Crippen LogP contribution is 2.39. The molecule has 1 aromatic heterocycles. The average Bonchev–Trinajstić information content (AvgIpc) is 3.08. The lowest BCUT2D eigenvalue weighted by molar-refractivity contribution is 0.479. The van der Waals surface area contributed by atoms with Crippen molar-refractivity contribution in [1.82, 2.24) is 4.98 Å². The first kappa shape index (κ1) is 18.9. The maximum Gasteiger partial charge on any atom is 0.178 e. The molecule has 0 radical (unpaired) electrons. The second kappa shape index (κ2) is 8.68. The molecule has 0 aliphatic carbocycles. The number of hydrogen-bond acceptors (Lipinski definition) is 6. The van der Waals surface area contributed by atoms with Crippen molar-refractivity contribution in [3.8, 4) is 11.5 Å². The molecule has 142 valence electrons. The fourth-order valence-electron chi connectivity index (χ4n) is 2.85. The Balaban J connectivity index is 1.60. The van der Waals surface area contributed by atoms with Crippen LogP contribution in [0.25, 0.3) is 0 Å². The number of thioether (sulfide) groups is 1. The third-order valence-corrected chi connectivity index (χ3v) is 5.49. The number of pyridine rings is 1. The lowest BCUT2D eigenvalue weighted by Gasteiger charge is -2.27. The van der Waals surface area contributed by atoms with Crippen LogP contribution in [0.15, 0.2) is 88.5 Å². The lowest BCUT2D eigenvalue weighted by Crippen LogP contribution is -2.37. The van der Waals surface area contributed by atoms with Crippen molar-refractivity contribution in [2.45, 2.75) is 5.50 Å². The average molecular weight is 455 g/mol. The van der Waals surface area contributed by atoms with Crippen molar-refractivity contribution in [2.24, 2.45) is 5.73 Å². The van der Waals surface area contributed by atoms with Crippen molar-refractivity contribution >= 4 is 39.2 Å². The summed E-state index contributed by atoms with van der Waals surface area (Å²) < 4.78 is 6.96. The number of para-hydroxylation sites is 2. The second-order valence-corrected chi connectivity index (χ2v) is 8.02. The number of ether oxygens (including phenoxy) is 1. The summed E-state index contributed by atoms with van der Waals surface area (Å²) >= 11 is 5.04. The zero-order valence-corrected chi connectivity index (χ0v) is 17.4. The Morgan fingerprint density at radius 2 is 1.82 bits per heavy atom. The van der Waals surface area contributed by atoms with Gasteiger partial charge in [0.1, 0.15) is 11.2 Å². The van der Waals surface area contributed by atoms with Crippen LogP contribution in [0.1, 0.15) is 0 Å². The lowest BCUT2D eigenvalue weighted by atomic mass is 10.3. The summed E-state index contributed by atoms with van der Waals surface area (Å²) in [6.07, 6.45) is 1.76. The van der Waals surface area contributed by atoms with E-state index >= 15 is 0 Å². The van der Waals surface area contributed by atoms with Gasteiger partial charge in [0.2, 0.25) is 0 Å². The van der Waals surface area contributed by atoms with E-state index in [9.17, 15) is 0 Å². The van der Waals surface area contributed by atoms with Crippen LogP contribution in [-0.2, 0) is 0 Å². The monoisotopic (exact) mass is 454 g/mol. The molecule has 7 heteroatoms. The van der Waals surface area contributed by atoms with Crippen LogP contribution in [0.4, 0.5) is 11.5 Å². The summed E-state index contributed by atoms with van der Waals surface area (Å²) in [6.45, 7) is 0.632. The number of anilines is 2. The molecule has 28 heavy (non-hydrogen) atoms. The Kier molecular flexibility index (Phi) is 5.85. The van der Waals surface area contributed by atoms with E-state index in [1.54, 1.807) is 18.0 Å². The largest absolute Gasteiger partial charge is 0.453 e. The quantitative estimate of drug-likeness (QED) is 0.520. The van der Waals surface area contributed by atoms with Gasteiger partial charge in [-0.3, -0.25) is 4.90 Å². The predicted molar refractivity (Wildman–Crippen MR) is 120 cm³/mol. The molecule has 0 bridgehead atoms. The van der Waals surface area contributed by atoms with Gasteiger partial charge in [-0.25, -0.2) is 4.98 Å². The van der Waals surface area contributed by atoms with Gasteiger partial charge in [-0.05, 0) is 45.6 Å². The van der Waals surface area contributed by atoms with E-state index in [1.165, 1.54) is 0 Å². The fraction of sp³-hybridized carbons (Fsp3) is 0.0952. The first-order chi connectivity index (χ1) is 13.7. The topological polar surface area (TPSA) is 63.4 Å². The van der Waals surface area contributed by atoms with Crippen LogP contribution in [0.2, 0.25) is 0 Å². The predicted octanol–water partition coefficient (Wildman–Crippen LogP) is 5.39. The molecule has 1 unspecified atom stereocenters. The molecule has 3 N–H and O–H groups in total. The third kappa shape index (κ3) is 4.32. The molecular formula is C21H19BrN4OS.